The van der Waals surface area contributed by atoms with Gasteiger partial charge in [0.2, 0.25) is 0 Å². The predicted octanol–water partition coefficient (Wildman–Crippen LogP) is 1.74. The van der Waals surface area contributed by atoms with Crippen LogP contribution in [0.1, 0.15) is 5.56 Å². The molecule has 0 bridgehead atoms. The molecule has 0 fully saturated rings. The summed E-state index contributed by atoms with van der Waals surface area (Å²) in [4.78, 5) is 30.0. The summed E-state index contributed by atoms with van der Waals surface area (Å²) in [6.45, 7) is 1.09. The number of nitro groups is 3. The summed E-state index contributed by atoms with van der Waals surface area (Å²) in [6, 6.07) is 0. The Morgan fingerprint density at radius 1 is 0.750 bits per heavy atom. The molecule has 0 aliphatic carbocycles. The van der Waals surface area contributed by atoms with Gasteiger partial charge in [0.25, 0.3) is 11.5 Å². The van der Waals surface area contributed by atoms with Crippen molar-refractivity contribution in [2.75, 3.05) is 14.2 Å². The second kappa shape index (κ2) is 5.34. The Morgan fingerprint density at radius 3 is 1.25 bits per heavy atom. The lowest BCUT2D eigenvalue weighted by Crippen LogP contribution is -2.07. The quantitative estimate of drug-likeness (QED) is 0.587. The van der Waals surface area contributed by atoms with Gasteiger partial charge in [-0.15, -0.1) is 0 Å². The highest BCUT2D eigenvalue weighted by Crippen LogP contribution is 2.51. The van der Waals surface area contributed by atoms with Crippen LogP contribution in [-0.4, -0.2) is 29.0 Å². The predicted molar refractivity (Wildman–Crippen MR) is 64.2 cm³/mol. The molecule has 11 nitrogen and oxygen atoms in total. The summed E-state index contributed by atoms with van der Waals surface area (Å²) in [5.41, 5.74) is -3.03. The number of rotatable bonds is 5. The van der Waals surface area contributed by atoms with Gasteiger partial charge < -0.3 is 9.47 Å². The average molecular weight is 287 g/mol. The molecule has 0 atom stereocenters. The van der Waals surface area contributed by atoms with Crippen molar-refractivity contribution in [3.63, 3.8) is 0 Å². The molecule has 20 heavy (non-hydrogen) atoms. The average Bonchev–Trinajstić information content (AvgIpc) is 2.35. The van der Waals surface area contributed by atoms with E-state index in [1.54, 1.807) is 0 Å². The molecule has 1 aromatic carbocycles. The lowest BCUT2D eigenvalue weighted by molar-refractivity contribution is -0.406. The van der Waals surface area contributed by atoms with Gasteiger partial charge in [0, 0.05) is 0 Å². The van der Waals surface area contributed by atoms with Crippen LogP contribution in [0.15, 0.2) is 0 Å². The highest BCUT2D eigenvalue weighted by molar-refractivity contribution is 5.78. The van der Waals surface area contributed by atoms with E-state index >= 15 is 0 Å². The lowest BCUT2D eigenvalue weighted by Gasteiger charge is -2.09. The molecule has 0 saturated heterocycles. The fraction of sp³-hybridized carbons (Fsp3) is 0.333. The van der Waals surface area contributed by atoms with Gasteiger partial charge in [0.1, 0.15) is 5.56 Å². The van der Waals surface area contributed by atoms with Crippen LogP contribution in [0.2, 0.25) is 0 Å². The first-order valence-corrected chi connectivity index (χ1v) is 4.99. The van der Waals surface area contributed by atoms with Crippen molar-refractivity contribution in [3.8, 4) is 11.5 Å². The Balaban J connectivity index is 4.05. The summed E-state index contributed by atoms with van der Waals surface area (Å²) >= 11 is 0. The van der Waals surface area contributed by atoms with E-state index in [-0.39, 0.29) is 5.56 Å². The lowest BCUT2D eigenvalue weighted by atomic mass is 10.1. The Hall–Kier alpha value is -2.98. The van der Waals surface area contributed by atoms with Crippen molar-refractivity contribution in [1.29, 1.82) is 0 Å². The number of methoxy groups -OCH3 is 2. The molecule has 0 aliphatic heterocycles. The van der Waals surface area contributed by atoms with Crippen LogP contribution in [0, 0.1) is 37.3 Å². The standard InChI is InChI=1S/C9H9N3O8/c1-4-5(10(13)14)8(19-2)7(12(17)18)9(20-3)6(4)11(15)16/h1-3H3. The minimum atomic E-state index is -1.03. The summed E-state index contributed by atoms with van der Waals surface area (Å²) in [7, 11) is 1.97. The molecular formula is C9H9N3O8. The second-order valence-electron chi connectivity index (χ2n) is 3.51. The Kier molecular flexibility index (Phi) is 4.02. The topological polar surface area (TPSA) is 148 Å². The minimum absolute atomic E-state index is 0.390. The van der Waals surface area contributed by atoms with E-state index in [9.17, 15) is 30.3 Å². The van der Waals surface area contributed by atoms with Gasteiger partial charge in [-0.3, -0.25) is 30.3 Å². The maximum Gasteiger partial charge on any atom is 0.367 e. The zero-order chi connectivity index (χ0) is 15.6. The summed E-state index contributed by atoms with van der Waals surface area (Å²) < 4.78 is 9.34. The molecule has 0 heterocycles. The molecule has 0 aromatic heterocycles. The summed E-state index contributed by atoms with van der Waals surface area (Å²) in [6.07, 6.45) is 0. The Bertz CT molecular complexity index is 569. The maximum absolute atomic E-state index is 11.0. The van der Waals surface area contributed by atoms with Crippen LogP contribution < -0.4 is 9.47 Å². The molecule has 0 aliphatic rings. The number of nitrogens with zero attached hydrogens (tertiary/aromatic N) is 3. The third-order valence-electron chi connectivity index (χ3n) is 2.53. The zero-order valence-electron chi connectivity index (χ0n) is 10.6. The third-order valence-corrected chi connectivity index (χ3v) is 2.53. The number of hydrogen-bond acceptors (Lipinski definition) is 8. The van der Waals surface area contributed by atoms with Crippen LogP contribution in [0.3, 0.4) is 0 Å². The van der Waals surface area contributed by atoms with E-state index in [2.05, 4.69) is 9.47 Å². The van der Waals surface area contributed by atoms with Crippen molar-refractivity contribution in [3.05, 3.63) is 35.9 Å². The second-order valence-corrected chi connectivity index (χ2v) is 3.51. The molecule has 0 saturated carbocycles. The van der Waals surface area contributed by atoms with Gasteiger partial charge in [-0.1, -0.05) is 0 Å². The van der Waals surface area contributed by atoms with Crippen molar-refractivity contribution < 1.29 is 24.2 Å². The Morgan fingerprint density at radius 2 is 1.05 bits per heavy atom. The first-order valence-electron chi connectivity index (χ1n) is 4.99. The van der Waals surface area contributed by atoms with E-state index in [0.717, 1.165) is 21.1 Å². The van der Waals surface area contributed by atoms with Crippen LogP contribution in [-0.2, 0) is 0 Å². The zero-order valence-corrected chi connectivity index (χ0v) is 10.6. The molecule has 0 radical (unpaired) electrons. The number of benzene rings is 1. The highest BCUT2D eigenvalue weighted by Gasteiger charge is 2.42. The van der Waals surface area contributed by atoms with E-state index < -0.39 is 43.3 Å². The van der Waals surface area contributed by atoms with E-state index in [0.29, 0.717) is 0 Å². The largest absolute Gasteiger partial charge is 0.485 e. The number of ether oxygens (including phenoxy) is 2. The van der Waals surface area contributed by atoms with Crippen LogP contribution in [0.25, 0.3) is 0 Å². The molecular weight excluding hydrogens is 278 g/mol. The molecule has 1 aromatic rings. The first kappa shape index (κ1) is 15.1. The Labute approximate surface area is 111 Å². The number of hydrogen-bond donors (Lipinski definition) is 0. The van der Waals surface area contributed by atoms with E-state index in [1.807, 2.05) is 0 Å². The molecule has 0 spiro atoms. The van der Waals surface area contributed by atoms with Crippen molar-refractivity contribution >= 4 is 17.1 Å². The van der Waals surface area contributed by atoms with Gasteiger partial charge in [-0.2, -0.15) is 0 Å². The van der Waals surface area contributed by atoms with Gasteiger partial charge in [0.15, 0.2) is 0 Å². The van der Waals surface area contributed by atoms with Gasteiger partial charge in [0.05, 0.1) is 29.0 Å². The van der Waals surface area contributed by atoms with Crippen molar-refractivity contribution in [2.45, 2.75) is 6.92 Å². The van der Waals surface area contributed by atoms with Crippen LogP contribution in [0.5, 0.6) is 11.5 Å². The SMILES string of the molecule is COc1c([N+](=O)[O-])c(C)c([N+](=O)[O-])c(OC)c1[N+](=O)[O-]. The minimum Gasteiger partial charge on any atom is -0.485 e. The monoisotopic (exact) mass is 287 g/mol. The van der Waals surface area contributed by atoms with Crippen molar-refractivity contribution in [2.24, 2.45) is 0 Å². The van der Waals surface area contributed by atoms with Crippen LogP contribution in [0.4, 0.5) is 17.1 Å². The normalized spacial score (nSPS) is 9.95. The third kappa shape index (κ3) is 2.15. The van der Waals surface area contributed by atoms with E-state index in [4.69, 9.17) is 0 Å². The fourth-order valence-corrected chi connectivity index (χ4v) is 1.77. The fourth-order valence-electron chi connectivity index (χ4n) is 1.77. The smallest absolute Gasteiger partial charge is 0.367 e. The maximum atomic E-state index is 11.0. The molecule has 108 valence electrons. The molecule has 0 N–H and O–H groups in total. The van der Waals surface area contributed by atoms with Gasteiger partial charge in [-0.05, 0) is 6.92 Å². The molecule has 11 heteroatoms. The van der Waals surface area contributed by atoms with Crippen LogP contribution >= 0.6 is 0 Å². The molecule has 0 amide bonds. The molecule has 0 unspecified atom stereocenters. The van der Waals surface area contributed by atoms with E-state index in [1.165, 1.54) is 0 Å². The summed E-state index contributed by atoms with van der Waals surface area (Å²) in [5, 5.41) is 33.0. The number of nitro benzene ring substituents is 3. The highest BCUT2D eigenvalue weighted by atomic mass is 16.6. The van der Waals surface area contributed by atoms with Gasteiger partial charge in [-0.25, -0.2) is 0 Å². The molecule has 1 rings (SSSR count). The van der Waals surface area contributed by atoms with Gasteiger partial charge >= 0.3 is 17.1 Å². The first-order chi connectivity index (χ1) is 9.27. The summed E-state index contributed by atoms with van der Waals surface area (Å²) in [5.74, 6) is -1.39. The van der Waals surface area contributed by atoms with Crippen molar-refractivity contribution in [1.82, 2.24) is 0 Å².